The molecule has 1 aromatic carbocycles. The summed E-state index contributed by atoms with van der Waals surface area (Å²) in [7, 11) is 0. The summed E-state index contributed by atoms with van der Waals surface area (Å²) in [6.45, 7) is -0.393. The predicted octanol–water partition coefficient (Wildman–Crippen LogP) is 2.11. The summed E-state index contributed by atoms with van der Waals surface area (Å²) in [6.07, 6.45) is 0. The van der Waals surface area contributed by atoms with Crippen LogP contribution in [0, 0.1) is 11.6 Å². The van der Waals surface area contributed by atoms with Gasteiger partial charge in [-0.25, -0.2) is 8.78 Å². The third-order valence-electron chi connectivity index (χ3n) is 1.29. The molecule has 1 aromatic rings. The smallest absolute Gasteiger partial charge is 0.177 e. The largest absolute Gasteiger partial charge is 0.392 e. The molecular weight excluding hydrogens is 174 g/mol. The first-order valence-electron chi connectivity index (χ1n) is 2.90. The number of rotatable bonds is 1. The highest BCUT2D eigenvalue weighted by atomic mass is 35.5. The fourth-order valence-electron chi connectivity index (χ4n) is 0.688. The van der Waals surface area contributed by atoms with Crippen LogP contribution < -0.4 is 0 Å². The lowest BCUT2D eigenvalue weighted by Crippen LogP contribution is -1.91. The molecule has 0 heterocycles. The topological polar surface area (TPSA) is 20.2 Å². The molecule has 60 valence electrons. The summed E-state index contributed by atoms with van der Waals surface area (Å²) in [4.78, 5) is 0. The Hall–Kier alpha value is -0.670. The van der Waals surface area contributed by atoms with Crippen LogP contribution in [0.3, 0.4) is 0 Å². The summed E-state index contributed by atoms with van der Waals surface area (Å²) in [6, 6.07) is 2.16. The molecule has 0 atom stereocenters. The maximum absolute atomic E-state index is 12.6. The lowest BCUT2D eigenvalue weighted by Gasteiger charge is -2.00. The van der Waals surface area contributed by atoms with Crippen LogP contribution in [-0.2, 0) is 6.61 Å². The lowest BCUT2D eigenvalue weighted by atomic mass is 10.2. The van der Waals surface area contributed by atoms with Crippen LogP contribution in [0.2, 0.25) is 5.02 Å². The van der Waals surface area contributed by atoms with Crippen LogP contribution >= 0.6 is 11.6 Å². The fourth-order valence-corrected chi connectivity index (χ4v) is 0.901. The van der Waals surface area contributed by atoms with E-state index in [0.29, 0.717) is 0 Å². The molecule has 0 aromatic heterocycles. The number of benzene rings is 1. The van der Waals surface area contributed by atoms with Crippen LogP contribution in [0.25, 0.3) is 0 Å². The maximum atomic E-state index is 12.6. The first kappa shape index (κ1) is 8.43. The minimum absolute atomic E-state index is 0.186. The molecule has 0 aliphatic rings. The number of aliphatic hydroxyl groups is 1. The number of halogens is 3. The molecule has 0 unspecified atom stereocenters. The zero-order valence-corrected chi connectivity index (χ0v) is 6.20. The van der Waals surface area contributed by atoms with E-state index >= 15 is 0 Å². The first-order chi connectivity index (χ1) is 5.16. The molecule has 0 aliphatic heterocycles. The summed E-state index contributed by atoms with van der Waals surface area (Å²) in [5, 5.41) is 8.21. The van der Waals surface area contributed by atoms with Crippen molar-refractivity contribution in [3.63, 3.8) is 0 Å². The normalized spacial score (nSPS) is 10.2. The Labute approximate surface area is 67.2 Å². The van der Waals surface area contributed by atoms with Gasteiger partial charge in [-0.2, -0.15) is 0 Å². The summed E-state index contributed by atoms with van der Waals surface area (Å²) in [5.74, 6) is -2.12. The highest BCUT2D eigenvalue weighted by molar-refractivity contribution is 6.31. The van der Waals surface area contributed by atoms with Gasteiger partial charge < -0.3 is 5.11 Å². The van der Waals surface area contributed by atoms with E-state index in [1.807, 2.05) is 0 Å². The van der Waals surface area contributed by atoms with Crippen molar-refractivity contribution in [1.29, 1.82) is 0 Å². The Balaban J connectivity index is 3.25. The molecule has 0 fully saturated rings. The first-order valence-corrected chi connectivity index (χ1v) is 3.28. The Morgan fingerprint density at radius 3 is 2.55 bits per heavy atom. The highest BCUT2D eigenvalue weighted by Gasteiger charge is 2.09. The van der Waals surface area contributed by atoms with Crippen LogP contribution in [0.4, 0.5) is 8.78 Å². The quantitative estimate of drug-likeness (QED) is 0.653. The van der Waals surface area contributed by atoms with Gasteiger partial charge in [-0.1, -0.05) is 17.7 Å². The highest BCUT2D eigenvalue weighted by Crippen LogP contribution is 2.21. The van der Waals surface area contributed by atoms with Gasteiger partial charge in [0.05, 0.1) is 11.6 Å². The molecule has 0 saturated carbocycles. The summed E-state index contributed by atoms with van der Waals surface area (Å²) in [5.41, 5.74) is 0.186. The van der Waals surface area contributed by atoms with Gasteiger partial charge in [0.25, 0.3) is 0 Å². The molecule has 11 heavy (non-hydrogen) atoms. The molecular formula is C7H5ClF2O. The standard InChI is InChI=1S/C7H5ClF2O/c8-6-4(3-11)1-2-5(9)7(6)10/h1-2,11H,3H2. The van der Waals surface area contributed by atoms with Crippen molar-refractivity contribution in [1.82, 2.24) is 0 Å². The third-order valence-corrected chi connectivity index (χ3v) is 1.69. The van der Waals surface area contributed by atoms with E-state index in [-0.39, 0.29) is 10.6 Å². The van der Waals surface area contributed by atoms with Crippen LogP contribution in [-0.4, -0.2) is 5.11 Å². The third kappa shape index (κ3) is 1.49. The van der Waals surface area contributed by atoms with E-state index in [9.17, 15) is 8.78 Å². The molecule has 0 radical (unpaired) electrons. The average Bonchev–Trinajstić information content (AvgIpc) is 2.01. The number of aliphatic hydroxyl groups excluding tert-OH is 1. The Kier molecular flexibility index (Phi) is 2.42. The van der Waals surface area contributed by atoms with Crippen molar-refractivity contribution in [3.05, 3.63) is 34.4 Å². The van der Waals surface area contributed by atoms with E-state index in [4.69, 9.17) is 16.7 Å². The molecule has 0 saturated heterocycles. The minimum Gasteiger partial charge on any atom is -0.392 e. The SMILES string of the molecule is OCc1ccc(F)c(F)c1Cl. The van der Waals surface area contributed by atoms with Crippen molar-refractivity contribution in [2.45, 2.75) is 6.61 Å². The van der Waals surface area contributed by atoms with E-state index in [2.05, 4.69) is 0 Å². The molecule has 0 amide bonds. The lowest BCUT2D eigenvalue weighted by molar-refractivity contribution is 0.281. The average molecular weight is 179 g/mol. The van der Waals surface area contributed by atoms with Crippen LogP contribution in [0.5, 0.6) is 0 Å². The zero-order valence-electron chi connectivity index (χ0n) is 5.44. The van der Waals surface area contributed by atoms with Gasteiger partial charge >= 0.3 is 0 Å². The van der Waals surface area contributed by atoms with Gasteiger partial charge in [0.1, 0.15) is 0 Å². The molecule has 4 heteroatoms. The molecule has 0 bridgehead atoms. The number of hydrogen-bond donors (Lipinski definition) is 1. The Morgan fingerprint density at radius 2 is 2.00 bits per heavy atom. The van der Waals surface area contributed by atoms with Crippen molar-refractivity contribution in [2.24, 2.45) is 0 Å². The van der Waals surface area contributed by atoms with Crippen molar-refractivity contribution < 1.29 is 13.9 Å². The van der Waals surface area contributed by atoms with Crippen molar-refractivity contribution in [2.75, 3.05) is 0 Å². The molecule has 0 aliphatic carbocycles. The molecule has 0 spiro atoms. The van der Waals surface area contributed by atoms with Gasteiger partial charge in [-0.15, -0.1) is 0 Å². The fraction of sp³-hybridized carbons (Fsp3) is 0.143. The monoisotopic (exact) mass is 178 g/mol. The van der Waals surface area contributed by atoms with E-state index in [0.717, 1.165) is 6.07 Å². The van der Waals surface area contributed by atoms with Gasteiger partial charge in [0, 0.05) is 0 Å². The van der Waals surface area contributed by atoms with Crippen LogP contribution in [0.1, 0.15) is 5.56 Å². The Bertz CT molecular complexity index is 275. The Morgan fingerprint density at radius 1 is 1.36 bits per heavy atom. The van der Waals surface area contributed by atoms with E-state index in [1.54, 1.807) is 0 Å². The molecule has 1 rings (SSSR count). The summed E-state index contributed by atoms with van der Waals surface area (Å²) < 4.78 is 24.9. The van der Waals surface area contributed by atoms with Crippen LogP contribution in [0.15, 0.2) is 12.1 Å². The van der Waals surface area contributed by atoms with Gasteiger partial charge in [-0.3, -0.25) is 0 Å². The second-order valence-electron chi connectivity index (χ2n) is 1.99. The molecule has 1 nitrogen and oxygen atoms in total. The number of hydrogen-bond acceptors (Lipinski definition) is 1. The molecule has 1 N–H and O–H groups in total. The second-order valence-corrected chi connectivity index (χ2v) is 2.37. The van der Waals surface area contributed by atoms with Crippen molar-refractivity contribution >= 4 is 11.6 Å². The summed E-state index contributed by atoms with van der Waals surface area (Å²) >= 11 is 5.32. The van der Waals surface area contributed by atoms with Gasteiger partial charge in [0.15, 0.2) is 11.6 Å². The predicted molar refractivity (Wildman–Crippen MR) is 37.3 cm³/mol. The second kappa shape index (κ2) is 3.15. The van der Waals surface area contributed by atoms with E-state index < -0.39 is 18.2 Å². The van der Waals surface area contributed by atoms with E-state index in [1.165, 1.54) is 6.07 Å². The van der Waals surface area contributed by atoms with Crippen molar-refractivity contribution in [3.8, 4) is 0 Å². The maximum Gasteiger partial charge on any atom is 0.177 e. The van der Waals surface area contributed by atoms with Gasteiger partial charge in [-0.05, 0) is 11.6 Å². The minimum atomic E-state index is -1.11. The van der Waals surface area contributed by atoms with Gasteiger partial charge in [0.2, 0.25) is 0 Å². The zero-order chi connectivity index (χ0) is 8.43.